The van der Waals surface area contributed by atoms with Gasteiger partial charge in [-0.3, -0.25) is 4.79 Å². The summed E-state index contributed by atoms with van der Waals surface area (Å²) in [5, 5.41) is 2.59. The lowest BCUT2D eigenvalue weighted by Crippen LogP contribution is -2.20. The Morgan fingerprint density at radius 1 is 1.23 bits per heavy atom. The maximum absolute atomic E-state index is 11.3. The number of nitrogens with zero attached hydrogens (tertiary/aromatic N) is 5. The lowest BCUT2D eigenvalue weighted by Gasteiger charge is -2.14. The van der Waals surface area contributed by atoms with E-state index in [4.69, 9.17) is 11.6 Å². The number of aromatic nitrogens is 4. The van der Waals surface area contributed by atoms with Gasteiger partial charge in [0.15, 0.2) is 5.82 Å². The van der Waals surface area contributed by atoms with Crippen molar-refractivity contribution in [3.8, 4) is 11.4 Å². The topological polar surface area (TPSA) is 83.9 Å². The van der Waals surface area contributed by atoms with E-state index in [1.807, 2.05) is 0 Å². The molecular weight excluding hydrogens is 304 g/mol. The third kappa shape index (κ3) is 3.30. The fourth-order valence-electron chi connectivity index (χ4n) is 2.26. The van der Waals surface area contributed by atoms with E-state index in [1.165, 1.54) is 12.8 Å². The molecule has 1 N–H and O–H groups in total. The molecule has 0 unspecified atom stereocenters. The fraction of sp³-hybridized carbons (Fsp3) is 0.357. The third-order valence-corrected chi connectivity index (χ3v) is 3.57. The smallest absolute Gasteiger partial charge is 0.240 e. The van der Waals surface area contributed by atoms with E-state index in [-0.39, 0.29) is 11.8 Å². The first-order valence-electron chi connectivity index (χ1n) is 7.02. The molecule has 3 rings (SSSR count). The van der Waals surface area contributed by atoms with Gasteiger partial charge in [0.05, 0.1) is 5.56 Å². The lowest BCUT2D eigenvalue weighted by molar-refractivity contribution is -0.113. The molecule has 0 aromatic carbocycles. The minimum atomic E-state index is -0.313. The van der Waals surface area contributed by atoms with Crippen molar-refractivity contribution >= 4 is 29.3 Å². The molecular formula is C14H15ClN6O. The van der Waals surface area contributed by atoms with Crippen LogP contribution in [0.15, 0.2) is 24.7 Å². The van der Waals surface area contributed by atoms with E-state index < -0.39 is 0 Å². The maximum Gasteiger partial charge on any atom is 0.240 e. The normalized spacial score (nSPS) is 14.1. The Morgan fingerprint density at radius 2 is 1.95 bits per heavy atom. The van der Waals surface area contributed by atoms with Crippen molar-refractivity contribution in [1.82, 2.24) is 19.9 Å². The predicted octanol–water partition coefficient (Wildman–Crippen LogP) is 1.71. The van der Waals surface area contributed by atoms with Crippen molar-refractivity contribution in [2.75, 3.05) is 29.2 Å². The van der Waals surface area contributed by atoms with Gasteiger partial charge in [0.2, 0.25) is 11.9 Å². The Hall–Kier alpha value is -2.28. The van der Waals surface area contributed by atoms with Crippen molar-refractivity contribution in [2.45, 2.75) is 12.8 Å². The molecule has 2 aromatic rings. The van der Waals surface area contributed by atoms with Crippen molar-refractivity contribution in [3.05, 3.63) is 24.7 Å². The van der Waals surface area contributed by atoms with E-state index in [0.29, 0.717) is 17.2 Å². The molecule has 0 atom stereocenters. The summed E-state index contributed by atoms with van der Waals surface area (Å²) in [5.41, 5.74) is 0.699. The number of amides is 1. The summed E-state index contributed by atoms with van der Waals surface area (Å²) in [4.78, 5) is 30.6. The Bertz CT molecular complexity index is 657. The van der Waals surface area contributed by atoms with Gasteiger partial charge in [-0.1, -0.05) is 0 Å². The number of carbonyl (C=O) groups is 1. The van der Waals surface area contributed by atoms with Gasteiger partial charge in [0, 0.05) is 31.7 Å². The number of hydrogen-bond acceptors (Lipinski definition) is 6. The van der Waals surface area contributed by atoms with Crippen LogP contribution >= 0.6 is 11.6 Å². The summed E-state index contributed by atoms with van der Waals surface area (Å²) in [6.07, 6.45) is 7.32. The van der Waals surface area contributed by atoms with Crippen LogP contribution < -0.4 is 10.2 Å². The highest BCUT2D eigenvalue weighted by Gasteiger charge is 2.15. The van der Waals surface area contributed by atoms with Crippen LogP contribution in [-0.4, -0.2) is 44.8 Å². The van der Waals surface area contributed by atoms with E-state index in [1.54, 1.807) is 24.7 Å². The summed E-state index contributed by atoms with van der Waals surface area (Å²) in [6, 6.07) is 1.60. The highest BCUT2D eigenvalue weighted by Crippen LogP contribution is 2.19. The first kappa shape index (κ1) is 14.6. The number of carbonyl (C=O) groups excluding carboxylic acids is 1. The quantitative estimate of drug-likeness (QED) is 0.864. The molecule has 0 radical (unpaired) electrons. The molecule has 1 fully saturated rings. The van der Waals surface area contributed by atoms with Gasteiger partial charge < -0.3 is 10.2 Å². The molecule has 0 saturated carbocycles. The number of halogens is 1. The van der Waals surface area contributed by atoms with Gasteiger partial charge in [0.1, 0.15) is 11.7 Å². The molecule has 22 heavy (non-hydrogen) atoms. The van der Waals surface area contributed by atoms with Crippen molar-refractivity contribution in [1.29, 1.82) is 0 Å². The van der Waals surface area contributed by atoms with Gasteiger partial charge in [0.25, 0.3) is 0 Å². The molecule has 114 valence electrons. The van der Waals surface area contributed by atoms with E-state index >= 15 is 0 Å². The van der Waals surface area contributed by atoms with Gasteiger partial charge in [-0.2, -0.15) is 0 Å². The zero-order valence-electron chi connectivity index (χ0n) is 11.9. The van der Waals surface area contributed by atoms with Crippen molar-refractivity contribution in [2.24, 2.45) is 0 Å². The number of nitrogens with one attached hydrogen (secondary N) is 1. The summed E-state index contributed by atoms with van der Waals surface area (Å²) in [6.45, 7) is 1.99. The fourth-order valence-corrected chi connectivity index (χ4v) is 2.33. The van der Waals surface area contributed by atoms with Gasteiger partial charge in [-0.25, -0.2) is 19.9 Å². The molecule has 0 aliphatic carbocycles. The van der Waals surface area contributed by atoms with E-state index in [9.17, 15) is 4.79 Å². The minimum absolute atomic E-state index is 0.118. The second kappa shape index (κ2) is 6.65. The molecule has 1 saturated heterocycles. The molecule has 8 heteroatoms. The zero-order chi connectivity index (χ0) is 15.4. The largest absolute Gasteiger partial charge is 0.341 e. The van der Waals surface area contributed by atoms with E-state index in [0.717, 1.165) is 19.0 Å². The molecule has 0 spiro atoms. The molecule has 2 aromatic heterocycles. The number of hydrogen-bond donors (Lipinski definition) is 1. The number of rotatable bonds is 4. The van der Waals surface area contributed by atoms with Crippen molar-refractivity contribution < 1.29 is 4.79 Å². The molecule has 0 bridgehead atoms. The Morgan fingerprint density at radius 3 is 2.64 bits per heavy atom. The second-order valence-electron chi connectivity index (χ2n) is 4.91. The standard InChI is InChI=1S/C14H15ClN6O/c15-7-12(22)19-11-3-4-16-13(20-11)10-8-17-14(18-9-10)21-5-1-2-6-21/h3-4,8-9H,1-2,5-7H2,(H,16,19,20,22). The van der Waals surface area contributed by atoms with Crippen LogP contribution in [0.4, 0.5) is 11.8 Å². The van der Waals surface area contributed by atoms with Crippen LogP contribution in [-0.2, 0) is 4.79 Å². The van der Waals surface area contributed by atoms with Gasteiger partial charge in [-0.05, 0) is 18.9 Å². The van der Waals surface area contributed by atoms with Crippen molar-refractivity contribution in [3.63, 3.8) is 0 Å². The Balaban J connectivity index is 1.78. The SMILES string of the molecule is O=C(CCl)Nc1ccnc(-c2cnc(N3CCCC3)nc2)n1. The molecule has 1 aliphatic heterocycles. The minimum Gasteiger partial charge on any atom is -0.341 e. The van der Waals surface area contributed by atoms with Crippen LogP contribution in [0.3, 0.4) is 0 Å². The van der Waals surface area contributed by atoms with Gasteiger partial charge in [-0.15, -0.1) is 11.6 Å². The number of alkyl halides is 1. The monoisotopic (exact) mass is 318 g/mol. The summed E-state index contributed by atoms with van der Waals surface area (Å²) < 4.78 is 0. The van der Waals surface area contributed by atoms with Crippen LogP contribution in [0.2, 0.25) is 0 Å². The highest BCUT2D eigenvalue weighted by molar-refractivity contribution is 6.29. The maximum atomic E-state index is 11.3. The summed E-state index contributed by atoms with van der Waals surface area (Å²) in [5.74, 6) is 1.16. The molecule has 1 aliphatic rings. The predicted molar refractivity (Wildman–Crippen MR) is 83.9 cm³/mol. The average Bonchev–Trinajstić information content (AvgIpc) is 3.09. The first-order chi connectivity index (χ1) is 10.8. The zero-order valence-corrected chi connectivity index (χ0v) is 12.6. The second-order valence-corrected chi connectivity index (χ2v) is 5.18. The van der Waals surface area contributed by atoms with Crippen LogP contribution in [0.5, 0.6) is 0 Å². The molecule has 3 heterocycles. The molecule has 1 amide bonds. The summed E-state index contributed by atoms with van der Waals surface area (Å²) >= 11 is 5.46. The lowest BCUT2D eigenvalue weighted by atomic mass is 10.3. The molecule has 7 nitrogen and oxygen atoms in total. The Kier molecular flexibility index (Phi) is 4.43. The third-order valence-electron chi connectivity index (χ3n) is 3.33. The van der Waals surface area contributed by atoms with Crippen LogP contribution in [0, 0.1) is 0 Å². The van der Waals surface area contributed by atoms with Gasteiger partial charge >= 0.3 is 0 Å². The average molecular weight is 319 g/mol. The first-order valence-corrected chi connectivity index (χ1v) is 7.56. The Labute approximate surface area is 132 Å². The van der Waals surface area contributed by atoms with Crippen LogP contribution in [0.25, 0.3) is 11.4 Å². The highest BCUT2D eigenvalue weighted by atomic mass is 35.5. The van der Waals surface area contributed by atoms with Crippen LogP contribution in [0.1, 0.15) is 12.8 Å². The summed E-state index contributed by atoms with van der Waals surface area (Å²) in [7, 11) is 0. The number of anilines is 2. The van der Waals surface area contributed by atoms with E-state index in [2.05, 4.69) is 30.2 Å².